The topological polar surface area (TPSA) is 38.8 Å². The quantitative estimate of drug-likeness (QED) is 0.589. The van der Waals surface area contributed by atoms with Crippen LogP contribution < -0.4 is 9.47 Å². The molecule has 1 fully saturated rings. The number of methoxy groups -OCH3 is 1. The van der Waals surface area contributed by atoms with Gasteiger partial charge in [-0.25, -0.2) is 0 Å². The standard InChI is InChI=1S/C15H16ClNO3S2/c1-4-17-14(18)13(22-15(17)21)7-9-6-11(19-3)12(20-5-2)8-10(9)16/h6-8H,4-5H2,1-3H3/b13-7-. The molecule has 1 aromatic carbocycles. The van der Waals surface area contributed by atoms with Crippen molar-refractivity contribution in [2.75, 3.05) is 20.3 Å². The molecule has 1 saturated heterocycles. The average molecular weight is 358 g/mol. The van der Waals surface area contributed by atoms with E-state index in [1.807, 2.05) is 13.8 Å². The fourth-order valence-electron chi connectivity index (χ4n) is 2.00. The van der Waals surface area contributed by atoms with E-state index in [2.05, 4.69) is 0 Å². The molecule has 4 nitrogen and oxygen atoms in total. The van der Waals surface area contributed by atoms with Crippen LogP contribution in [0.4, 0.5) is 0 Å². The maximum absolute atomic E-state index is 12.2. The zero-order valence-corrected chi connectivity index (χ0v) is 14.9. The Morgan fingerprint density at radius 1 is 1.36 bits per heavy atom. The van der Waals surface area contributed by atoms with Crippen molar-refractivity contribution >= 4 is 51.9 Å². The number of thiocarbonyl (C=S) groups is 1. The predicted octanol–water partition coefficient (Wildman–Crippen LogP) is 3.97. The molecular formula is C15H16ClNO3S2. The van der Waals surface area contributed by atoms with Crippen LogP contribution in [0, 0.1) is 0 Å². The minimum atomic E-state index is -0.0959. The molecule has 118 valence electrons. The number of nitrogens with zero attached hydrogens (tertiary/aromatic N) is 1. The zero-order valence-electron chi connectivity index (χ0n) is 12.5. The van der Waals surface area contributed by atoms with Crippen LogP contribution in [-0.4, -0.2) is 35.4 Å². The summed E-state index contributed by atoms with van der Waals surface area (Å²) in [5.41, 5.74) is 0.693. The van der Waals surface area contributed by atoms with Crippen molar-refractivity contribution < 1.29 is 14.3 Å². The van der Waals surface area contributed by atoms with Gasteiger partial charge >= 0.3 is 0 Å². The number of halogens is 1. The minimum absolute atomic E-state index is 0.0959. The van der Waals surface area contributed by atoms with Gasteiger partial charge in [-0.15, -0.1) is 0 Å². The first-order chi connectivity index (χ1) is 10.5. The third kappa shape index (κ3) is 3.39. The molecule has 7 heteroatoms. The molecule has 1 heterocycles. The van der Waals surface area contributed by atoms with Crippen molar-refractivity contribution in [1.82, 2.24) is 4.90 Å². The molecule has 0 unspecified atom stereocenters. The highest BCUT2D eigenvalue weighted by molar-refractivity contribution is 8.26. The summed E-state index contributed by atoms with van der Waals surface area (Å²) < 4.78 is 11.3. The Balaban J connectivity index is 2.39. The molecule has 0 N–H and O–H groups in total. The van der Waals surface area contributed by atoms with Gasteiger partial charge in [0.25, 0.3) is 5.91 Å². The number of carbonyl (C=O) groups is 1. The van der Waals surface area contributed by atoms with Crippen LogP contribution in [-0.2, 0) is 4.79 Å². The Bertz CT molecular complexity index is 646. The van der Waals surface area contributed by atoms with Gasteiger partial charge in [-0.1, -0.05) is 35.6 Å². The first kappa shape index (κ1) is 17.1. The molecule has 0 bridgehead atoms. The summed E-state index contributed by atoms with van der Waals surface area (Å²) >= 11 is 12.8. The molecule has 1 aliphatic rings. The van der Waals surface area contributed by atoms with E-state index < -0.39 is 0 Å². The Morgan fingerprint density at radius 3 is 2.64 bits per heavy atom. The Hall–Kier alpha value is -1.24. The number of benzene rings is 1. The monoisotopic (exact) mass is 357 g/mol. The van der Waals surface area contributed by atoms with Crippen LogP contribution in [0.1, 0.15) is 19.4 Å². The molecule has 1 aromatic rings. The van der Waals surface area contributed by atoms with Gasteiger partial charge in [-0.3, -0.25) is 9.69 Å². The summed E-state index contributed by atoms with van der Waals surface area (Å²) in [5, 5.41) is 0.492. The Morgan fingerprint density at radius 2 is 2.09 bits per heavy atom. The number of rotatable bonds is 5. The second-order valence-corrected chi connectivity index (χ2v) is 6.47. The molecular weight excluding hydrogens is 342 g/mol. The zero-order chi connectivity index (χ0) is 16.3. The summed E-state index contributed by atoms with van der Waals surface area (Å²) in [6.45, 7) is 4.85. The number of hydrogen-bond donors (Lipinski definition) is 0. The van der Waals surface area contributed by atoms with Crippen LogP contribution in [0.3, 0.4) is 0 Å². The van der Waals surface area contributed by atoms with Gasteiger partial charge in [0.2, 0.25) is 0 Å². The lowest BCUT2D eigenvalue weighted by molar-refractivity contribution is -0.121. The summed E-state index contributed by atoms with van der Waals surface area (Å²) in [6, 6.07) is 3.45. The van der Waals surface area contributed by atoms with E-state index in [0.29, 0.717) is 44.5 Å². The van der Waals surface area contributed by atoms with Gasteiger partial charge in [0.05, 0.1) is 23.6 Å². The highest BCUT2D eigenvalue weighted by atomic mass is 35.5. The second-order valence-electron chi connectivity index (χ2n) is 4.38. The van der Waals surface area contributed by atoms with Gasteiger partial charge in [0.1, 0.15) is 4.32 Å². The highest BCUT2D eigenvalue weighted by Gasteiger charge is 2.30. The van der Waals surface area contributed by atoms with Crippen molar-refractivity contribution in [2.45, 2.75) is 13.8 Å². The molecule has 22 heavy (non-hydrogen) atoms. The van der Waals surface area contributed by atoms with Gasteiger partial charge < -0.3 is 9.47 Å². The van der Waals surface area contributed by atoms with Crippen molar-refractivity contribution in [3.8, 4) is 11.5 Å². The van der Waals surface area contributed by atoms with E-state index in [4.69, 9.17) is 33.3 Å². The lowest BCUT2D eigenvalue weighted by atomic mass is 10.1. The van der Waals surface area contributed by atoms with E-state index in [1.54, 1.807) is 30.2 Å². The van der Waals surface area contributed by atoms with Gasteiger partial charge in [-0.05, 0) is 31.6 Å². The fourth-order valence-corrected chi connectivity index (χ4v) is 3.59. The molecule has 0 spiro atoms. The van der Waals surface area contributed by atoms with Crippen molar-refractivity contribution in [1.29, 1.82) is 0 Å². The second kappa shape index (κ2) is 7.35. The van der Waals surface area contributed by atoms with Gasteiger partial charge in [0, 0.05) is 12.6 Å². The molecule has 0 aliphatic carbocycles. The number of hydrogen-bond acceptors (Lipinski definition) is 5. The third-order valence-electron chi connectivity index (χ3n) is 3.06. The lowest BCUT2D eigenvalue weighted by Crippen LogP contribution is -2.27. The normalized spacial score (nSPS) is 16.5. The van der Waals surface area contributed by atoms with Crippen LogP contribution in [0.2, 0.25) is 5.02 Å². The molecule has 1 amide bonds. The van der Waals surface area contributed by atoms with Crippen molar-refractivity contribution in [3.63, 3.8) is 0 Å². The lowest BCUT2D eigenvalue weighted by Gasteiger charge is -2.11. The first-order valence-electron chi connectivity index (χ1n) is 6.77. The van der Waals surface area contributed by atoms with E-state index in [0.717, 1.165) is 0 Å². The number of amides is 1. The summed E-state index contributed by atoms with van der Waals surface area (Å²) in [6.07, 6.45) is 1.73. The number of thioether (sulfide) groups is 1. The Labute approximate surface area is 144 Å². The molecule has 0 aromatic heterocycles. The molecule has 1 aliphatic heterocycles. The van der Waals surface area contributed by atoms with Crippen molar-refractivity contribution in [2.24, 2.45) is 0 Å². The van der Waals surface area contributed by atoms with Gasteiger partial charge in [-0.2, -0.15) is 0 Å². The number of ether oxygens (including phenoxy) is 2. The van der Waals surface area contributed by atoms with Crippen LogP contribution in [0.15, 0.2) is 17.0 Å². The van der Waals surface area contributed by atoms with Gasteiger partial charge in [0.15, 0.2) is 11.5 Å². The summed E-state index contributed by atoms with van der Waals surface area (Å²) in [4.78, 5) is 14.4. The maximum Gasteiger partial charge on any atom is 0.266 e. The van der Waals surface area contributed by atoms with E-state index >= 15 is 0 Å². The Kier molecular flexibility index (Phi) is 5.72. The highest BCUT2D eigenvalue weighted by Crippen LogP contribution is 2.37. The minimum Gasteiger partial charge on any atom is -0.493 e. The predicted molar refractivity (Wildman–Crippen MR) is 94.7 cm³/mol. The molecule has 0 saturated carbocycles. The number of carbonyl (C=O) groups excluding carboxylic acids is 1. The van der Waals surface area contributed by atoms with Crippen LogP contribution in [0.25, 0.3) is 6.08 Å². The number of likely N-dealkylation sites (N-methyl/N-ethyl adjacent to an activating group) is 1. The third-order valence-corrected chi connectivity index (χ3v) is 4.76. The van der Waals surface area contributed by atoms with E-state index in [-0.39, 0.29) is 5.91 Å². The molecule has 0 radical (unpaired) electrons. The molecule has 0 atom stereocenters. The van der Waals surface area contributed by atoms with E-state index in [1.165, 1.54) is 11.8 Å². The fraction of sp³-hybridized carbons (Fsp3) is 0.333. The SMILES string of the molecule is CCOc1cc(Cl)c(/C=C2\SC(=S)N(CC)C2=O)cc1OC. The first-order valence-corrected chi connectivity index (χ1v) is 8.37. The van der Waals surface area contributed by atoms with E-state index in [9.17, 15) is 4.79 Å². The smallest absolute Gasteiger partial charge is 0.266 e. The largest absolute Gasteiger partial charge is 0.493 e. The summed E-state index contributed by atoms with van der Waals surface area (Å²) in [7, 11) is 1.56. The maximum atomic E-state index is 12.2. The van der Waals surface area contributed by atoms with Crippen LogP contribution in [0.5, 0.6) is 11.5 Å². The average Bonchev–Trinajstić information content (AvgIpc) is 2.76. The summed E-state index contributed by atoms with van der Waals surface area (Å²) in [5.74, 6) is 1.05. The van der Waals surface area contributed by atoms with Crippen molar-refractivity contribution in [3.05, 3.63) is 27.6 Å². The molecule has 2 rings (SSSR count). The van der Waals surface area contributed by atoms with Crippen LogP contribution >= 0.6 is 35.6 Å².